The Hall–Kier alpha value is -3.46. The Bertz CT molecular complexity index is 915. The van der Waals surface area contributed by atoms with Crippen LogP contribution in [0.3, 0.4) is 0 Å². The number of aliphatic hydroxyl groups is 1. The van der Waals surface area contributed by atoms with Gasteiger partial charge in [-0.15, -0.1) is 0 Å². The molecule has 2 heterocycles. The lowest BCUT2D eigenvalue weighted by atomic mass is 10.1. The van der Waals surface area contributed by atoms with Crippen LogP contribution in [0.2, 0.25) is 0 Å². The van der Waals surface area contributed by atoms with E-state index in [0.717, 1.165) is 5.56 Å². The average molecular weight is 386 g/mol. The highest BCUT2D eigenvalue weighted by atomic mass is 16.7. The number of nitrogens with one attached hydrogen (secondary N) is 2. The Morgan fingerprint density at radius 2 is 1.57 bits per heavy atom. The van der Waals surface area contributed by atoms with Crippen LogP contribution in [0.15, 0.2) is 36.4 Å². The van der Waals surface area contributed by atoms with Crippen LogP contribution >= 0.6 is 0 Å². The molecule has 2 aromatic carbocycles. The second-order valence-corrected chi connectivity index (χ2v) is 6.18. The van der Waals surface area contributed by atoms with Crippen molar-refractivity contribution in [3.8, 4) is 23.0 Å². The largest absolute Gasteiger partial charge is 0.454 e. The highest BCUT2D eigenvalue weighted by Crippen LogP contribution is 2.33. The maximum atomic E-state index is 12.4. The van der Waals surface area contributed by atoms with E-state index in [1.165, 1.54) is 6.07 Å². The van der Waals surface area contributed by atoms with E-state index < -0.39 is 24.5 Å². The minimum Gasteiger partial charge on any atom is -0.454 e. The van der Waals surface area contributed by atoms with Gasteiger partial charge in [0, 0.05) is 12.1 Å². The van der Waals surface area contributed by atoms with E-state index in [2.05, 4.69) is 10.6 Å². The molecular formula is C19H18N2O7. The molecule has 1 unspecified atom stereocenters. The number of hydrogen-bond acceptors (Lipinski definition) is 7. The molecule has 0 aromatic heterocycles. The van der Waals surface area contributed by atoms with Crippen molar-refractivity contribution >= 4 is 11.8 Å². The summed E-state index contributed by atoms with van der Waals surface area (Å²) in [7, 11) is 0. The zero-order valence-electron chi connectivity index (χ0n) is 14.8. The highest BCUT2D eigenvalue weighted by molar-refractivity contribution is 5.98. The SMILES string of the molecule is O=C(NC(CO)C(=O)NCc1ccc2c(c1)OCO2)c1ccc2c(c1)OCO2. The number of ether oxygens (including phenoxy) is 4. The molecule has 1 atom stereocenters. The number of benzene rings is 2. The minimum atomic E-state index is -1.09. The van der Waals surface area contributed by atoms with E-state index >= 15 is 0 Å². The third-order valence-corrected chi connectivity index (χ3v) is 4.34. The Labute approximate surface area is 160 Å². The summed E-state index contributed by atoms with van der Waals surface area (Å²) in [5.41, 5.74) is 1.10. The smallest absolute Gasteiger partial charge is 0.252 e. The third kappa shape index (κ3) is 3.65. The minimum absolute atomic E-state index is 0.0991. The summed E-state index contributed by atoms with van der Waals surface area (Å²) < 4.78 is 21.0. The number of hydrogen-bond donors (Lipinski definition) is 3. The molecule has 2 aromatic rings. The van der Waals surface area contributed by atoms with Crippen LogP contribution in [0.4, 0.5) is 0 Å². The van der Waals surface area contributed by atoms with E-state index in [1.54, 1.807) is 30.3 Å². The summed E-state index contributed by atoms with van der Waals surface area (Å²) in [6.07, 6.45) is 0. The van der Waals surface area contributed by atoms with Gasteiger partial charge in [0.15, 0.2) is 23.0 Å². The molecule has 0 spiro atoms. The molecule has 0 radical (unpaired) electrons. The normalized spacial score (nSPS) is 14.5. The van der Waals surface area contributed by atoms with Crippen molar-refractivity contribution in [3.05, 3.63) is 47.5 Å². The lowest BCUT2D eigenvalue weighted by Gasteiger charge is -2.16. The van der Waals surface area contributed by atoms with Crippen LogP contribution in [-0.2, 0) is 11.3 Å². The Balaban J connectivity index is 1.35. The number of fused-ring (bicyclic) bond motifs is 2. The fourth-order valence-corrected chi connectivity index (χ4v) is 2.84. The molecule has 2 aliphatic rings. The summed E-state index contributed by atoms with van der Waals surface area (Å²) in [4.78, 5) is 24.7. The number of carbonyl (C=O) groups is 2. The summed E-state index contributed by atoms with van der Waals surface area (Å²) in [6, 6.07) is 8.93. The molecular weight excluding hydrogens is 368 g/mol. The van der Waals surface area contributed by atoms with Gasteiger partial charge in [0.1, 0.15) is 6.04 Å². The van der Waals surface area contributed by atoms with Gasteiger partial charge in [0.25, 0.3) is 5.91 Å². The second kappa shape index (κ2) is 7.65. The molecule has 3 N–H and O–H groups in total. The maximum Gasteiger partial charge on any atom is 0.252 e. The zero-order valence-corrected chi connectivity index (χ0v) is 14.8. The maximum absolute atomic E-state index is 12.4. The van der Waals surface area contributed by atoms with Crippen LogP contribution in [-0.4, -0.2) is 43.2 Å². The molecule has 0 saturated heterocycles. The Morgan fingerprint density at radius 3 is 2.29 bits per heavy atom. The van der Waals surface area contributed by atoms with Crippen molar-refractivity contribution < 1.29 is 33.6 Å². The zero-order chi connectivity index (χ0) is 19.5. The molecule has 28 heavy (non-hydrogen) atoms. The molecule has 2 amide bonds. The fourth-order valence-electron chi connectivity index (χ4n) is 2.84. The van der Waals surface area contributed by atoms with Gasteiger partial charge in [-0.25, -0.2) is 0 Å². The standard InChI is InChI=1S/C19H18N2O7/c22-8-13(21-18(23)12-2-4-15-17(6-12)28-10-26-15)19(24)20-7-11-1-3-14-16(5-11)27-9-25-14/h1-6,13,22H,7-10H2,(H,20,24)(H,21,23). The van der Waals surface area contributed by atoms with Crippen LogP contribution < -0.4 is 29.6 Å². The number of rotatable bonds is 6. The van der Waals surface area contributed by atoms with Crippen molar-refractivity contribution in [3.63, 3.8) is 0 Å². The van der Waals surface area contributed by atoms with Crippen molar-refractivity contribution in [2.45, 2.75) is 12.6 Å². The van der Waals surface area contributed by atoms with E-state index in [1.807, 2.05) is 0 Å². The van der Waals surface area contributed by atoms with Crippen molar-refractivity contribution in [2.75, 3.05) is 20.2 Å². The number of aliphatic hydroxyl groups excluding tert-OH is 1. The first-order chi connectivity index (χ1) is 13.6. The lowest BCUT2D eigenvalue weighted by molar-refractivity contribution is -0.124. The van der Waals surface area contributed by atoms with Gasteiger partial charge in [-0.3, -0.25) is 9.59 Å². The molecule has 0 fully saturated rings. The summed E-state index contributed by atoms with van der Waals surface area (Å²) in [5, 5.41) is 14.7. The van der Waals surface area contributed by atoms with Crippen LogP contribution in [0, 0.1) is 0 Å². The Kier molecular flexibility index (Phi) is 4.90. The van der Waals surface area contributed by atoms with Gasteiger partial charge in [-0.1, -0.05) is 6.07 Å². The van der Waals surface area contributed by atoms with Crippen LogP contribution in [0.5, 0.6) is 23.0 Å². The van der Waals surface area contributed by atoms with Crippen molar-refractivity contribution in [2.24, 2.45) is 0 Å². The average Bonchev–Trinajstić information content (AvgIpc) is 3.37. The van der Waals surface area contributed by atoms with Crippen molar-refractivity contribution in [1.29, 1.82) is 0 Å². The second-order valence-electron chi connectivity index (χ2n) is 6.18. The monoisotopic (exact) mass is 386 g/mol. The van der Waals surface area contributed by atoms with Gasteiger partial charge in [-0.2, -0.15) is 0 Å². The predicted octanol–water partition coefficient (Wildman–Crippen LogP) is 0.551. The van der Waals surface area contributed by atoms with Gasteiger partial charge >= 0.3 is 0 Å². The fraction of sp³-hybridized carbons (Fsp3) is 0.263. The summed E-state index contributed by atoms with van der Waals surface area (Å²) in [6.45, 7) is -0.0549. The van der Waals surface area contributed by atoms with E-state index in [0.29, 0.717) is 28.6 Å². The summed E-state index contributed by atoms with van der Waals surface area (Å²) >= 11 is 0. The van der Waals surface area contributed by atoms with Gasteiger partial charge in [-0.05, 0) is 35.9 Å². The summed E-state index contributed by atoms with van der Waals surface area (Å²) in [5.74, 6) is 1.27. The molecule has 9 nitrogen and oxygen atoms in total. The predicted molar refractivity (Wildman–Crippen MR) is 95.3 cm³/mol. The van der Waals surface area contributed by atoms with Crippen LogP contribution in [0.25, 0.3) is 0 Å². The first-order valence-electron chi connectivity index (χ1n) is 8.61. The topological polar surface area (TPSA) is 115 Å². The molecule has 9 heteroatoms. The molecule has 0 bridgehead atoms. The molecule has 2 aliphatic heterocycles. The van der Waals surface area contributed by atoms with Gasteiger partial charge < -0.3 is 34.7 Å². The lowest BCUT2D eigenvalue weighted by Crippen LogP contribution is -2.48. The third-order valence-electron chi connectivity index (χ3n) is 4.34. The van der Waals surface area contributed by atoms with Crippen molar-refractivity contribution in [1.82, 2.24) is 10.6 Å². The first kappa shape index (κ1) is 17.9. The number of amides is 2. The van der Waals surface area contributed by atoms with E-state index in [9.17, 15) is 14.7 Å². The van der Waals surface area contributed by atoms with E-state index in [-0.39, 0.29) is 20.1 Å². The Morgan fingerprint density at radius 1 is 0.929 bits per heavy atom. The highest BCUT2D eigenvalue weighted by Gasteiger charge is 2.22. The molecule has 146 valence electrons. The first-order valence-corrected chi connectivity index (χ1v) is 8.61. The quantitative estimate of drug-likeness (QED) is 0.664. The van der Waals surface area contributed by atoms with Crippen LogP contribution in [0.1, 0.15) is 15.9 Å². The van der Waals surface area contributed by atoms with Gasteiger partial charge in [0.05, 0.1) is 6.61 Å². The molecule has 0 saturated carbocycles. The van der Waals surface area contributed by atoms with E-state index in [4.69, 9.17) is 18.9 Å². The molecule has 4 rings (SSSR count). The number of carbonyl (C=O) groups excluding carboxylic acids is 2. The molecule has 0 aliphatic carbocycles. The van der Waals surface area contributed by atoms with Gasteiger partial charge in [0.2, 0.25) is 19.5 Å².